The van der Waals surface area contributed by atoms with Crippen molar-refractivity contribution in [1.29, 1.82) is 0 Å². The molecule has 1 aromatic carbocycles. The topological polar surface area (TPSA) is 46.9 Å². The van der Waals surface area contributed by atoms with Gasteiger partial charge in [-0.3, -0.25) is 9.48 Å². The molecule has 10 heteroatoms. The van der Waals surface area contributed by atoms with Crippen molar-refractivity contribution in [3.05, 3.63) is 46.8 Å². The molecule has 1 aliphatic rings. The first-order valence-corrected chi connectivity index (χ1v) is 7.26. The number of nitrogens with zero attached hydrogens (tertiary/aromatic N) is 2. The lowest BCUT2D eigenvalue weighted by Gasteiger charge is -2.10. The summed E-state index contributed by atoms with van der Waals surface area (Å²) in [5.41, 5.74) is -1.45. The number of halogens is 6. The van der Waals surface area contributed by atoms with Crippen LogP contribution in [0.25, 0.3) is 0 Å². The summed E-state index contributed by atoms with van der Waals surface area (Å²) in [4.78, 5) is 11.9. The Balaban J connectivity index is 1.82. The molecule has 25 heavy (non-hydrogen) atoms. The van der Waals surface area contributed by atoms with Crippen LogP contribution in [0.4, 0.5) is 32.0 Å². The number of amides is 1. The summed E-state index contributed by atoms with van der Waals surface area (Å²) in [6.07, 6.45) is -1.32. The molecule has 0 spiro atoms. The van der Waals surface area contributed by atoms with E-state index in [9.17, 15) is 31.1 Å². The quantitative estimate of drug-likeness (QED) is 0.647. The van der Waals surface area contributed by atoms with E-state index in [4.69, 9.17) is 0 Å². The second-order valence-corrected chi connectivity index (χ2v) is 5.62. The molecule has 0 atom stereocenters. The van der Waals surface area contributed by atoms with Gasteiger partial charge in [-0.15, -0.1) is 0 Å². The fourth-order valence-electron chi connectivity index (χ4n) is 2.33. The Morgan fingerprint density at radius 1 is 1.16 bits per heavy atom. The van der Waals surface area contributed by atoms with Crippen LogP contribution in [0.2, 0.25) is 0 Å². The van der Waals surface area contributed by atoms with E-state index < -0.39 is 53.5 Å². The van der Waals surface area contributed by atoms with Gasteiger partial charge in [-0.2, -0.15) is 5.10 Å². The highest BCUT2D eigenvalue weighted by molar-refractivity contribution is 5.90. The normalized spacial score (nSPS) is 14.2. The first kappa shape index (κ1) is 17.3. The second-order valence-electron chi connectivity index (χ2n) is 5.62. The van der Waals surface area contributed by atoms with Crippen LogP contribution in [0.1, 0.15) is 36.6 Å². The molecule has 2 aromatic rings. The molecule has 1 saturated carbocycles. The highest BCUT2D eigenvalue weighted by atomic mass is 19.3. The van der Waals surface area contributed by atoms with Crippen LogP contribution in [0.15, 0.2) is 12.1 Å². The van der Waals surface area contributed by atoms with Crippen molar-refractivity contribution in [2.75, 3.05) is 5.32 Å². The first-order chi connectivity index (χ1) is 11.8. The Hall–Kier alpha value is -2.52. The van der Waals surface area contributed by atoms with Crippen LogP contribution >= 0.6 is 0 Å². The summed E-state index contributed by atoms with van der Waals surface area (Å²) in [5.74, 6) is -8.08. The summed E-state index contributed by atoms with van der Waals surface area (Å²) in [5, 5.41) is 5.55. The van der Waals surface area contributed by atoms with Crippen molar-refractivity contribution in [1.82, 2.24) is 9.78 Å². The summed E-state index contributed by atoms with van der Waals surface area (Å²) >= 11 is 0. The van der Waals surface area contributed by atoms with Crippen LogP contribution in [0, 0.1) is 23.3 Å². The summed E-state index contributed by atoms with van der Waals surface area (Å²) in [6.45, 7) is -0.788. The molecule has 3 rings (SSSR count). The molecular weight excluding hydrogens is 352 g/mol. The third-order valence-corrected chi connectivity index (χ3v) is 3.72. The molecule has 0 radical (unpaired) electrons. The Morgan fingerprint density at radius 2 is 1.76 bits per heavy atom. The standard InChI is InChI=1S/C15H11F6N3O/c16-7-3-8(17)13(19)14(12(7)18)22-11(25)5-24-10(15(20)21)4-9(23-24)6-1-2-6/h3-4,6,15H,1-2,5H2,(H,22,25). The van der Waals surface area contributed by atoms with E-state index in [-0.39, 0.29) is 12.0 Å². The van der Waals surface area contributed by atoms with Crippen molar-refractivity contribution < 1.29 is 31.1 Å². The van der Waals surface area contributed by atoms with Crippen molar-refractivity contribution >= 4 is 11.6 Å². The maximum absolute atomic E-state index is 13.5. The van der Waals surface area contributed by atoms with Gasteiger partial charge in [-0.25, -0.2) is 26.3 Å². The zero-order valence-corrected chi connectivity index (χ0v) is 12.5. The smallest absolute Gasteiger partial charge is 0.280 e. The number of nitrogens with one attached hydrogen (secondary N) is 1. The van der Waals surface area contributed by atoms with Gasteiger partial charge in [0.15, 0.2) is 23.3 Å². The Bertz CT molecular complexity index is 805. The van der Waals surface area contributed by atoms with Crippen molar-refractivity contribution in [2.45, 2.75) is 31.7 Å². The van der Waals surface area contributed by atoms with E-state index in [0.29, 0.717) is 10.4 Å². The van der Waals surface area contributed by atoms with E-state index in [1.165, 1.54) is 6.07 Å². The number of carbonyl (C=O) groups is 1. The number of aromatic nitrogens is 2. The molecule has 1 aliphatic carbocycles. The Morgan fingerprint density at radius 3 is 2.28 bits per heavy atom. The molecule has 0 saturated heterocycles. The van der Waals surface area contributed by atoms with Crippen molar-refractivity contribution in [2.24, 2.45) is 0 Å². The zero-order valence-electron chi connectivity index (χ0n) is 12.5. The maximum atomic E-state index is 13.5. The molecule has 1 amide bonds. The number of carbonyl (C=O) groups excluding carboxylic acids is 1. The molecule has 0 unspecified atom stereocenters. The lowest BCUT2D eigenvalue weighted by atomic mass is 10.2. The third-order valence-electron chi connectivity index (χ3n) is 3.72. The molecular formula is C15H11F6N3O. The van der Waals surface area contributed by atoms with Crippen LogP contribution in [0.5, 0.6) is 0 Å². The number of benzene rings is 1. The minimum Gasteiger partial charge on any atom is -0.319 e. The van der Waals surface area contributed by atoms with Gasteiger partial charge < -0.3 is 5.32 Å². The number of hydrogen-bond acceptors (Lipinski definition) is 2. The summed E-state index contributed by atoms with van der Waals surface area (Å²) in [6, 6.07) is 1.16. The predicted molar refractivity (Wildman–Crippen MR) is 74.1 cm³/mol. The SMILES string of the molecule is O=C(Cn1nc(C2CC2)cc1C(F)F)Nc1c(F)c(F)cc(F)c1F. The van der Waals surface area contributed by atoms with E-state index in [2.05, 4.69) is 5.10 Å². The molecule has 0 aliphatic heterocycles. The van der Waals surface area contributed by atoms with E-state index >= 15 is 0 Å². The molecule has 134 valence electrons. The van der Waals surface area contributed by atoms with Gasteiger partial charge >= 0.3 is 0 Å². The average molecular weight is 363 g/mol. The molecule has 1 fully saturated rings. The van der Waals surface area contributed by atoms with Gasteiger partial charge in [0, 0.05) is 12.0 Å². The minimum absolute atomic E-state index is 0.00929. The van der Waals surface area contributed by atoms with Gasteiger partial charge in [0.05, 0.1) is 5.69 Å². The summed E-state index contributed by atoms with van der Waals surface area (Å²) in [7, 11) is 0. The van der Waals surface area contributed by atoms with E-state index in [1.807, 2.05) is 0 Å². The third kappa shape index (κ3) is 3.47. The predicted octanol–water partition coefficient (Wildman–Crippen LogP) is 3.89. The highest BCUT2D eigenvalue weighted by Gasteiger charge is 2.29. The van der Waals surface area contributed by atoms with Crippen LogP contribution in [-0.4, -0.2) is 15.7 Å². The average Bonchev–Trinajstić information content (AvgIpc) is 3.30. The van der Waals surface area contributed by atoms with Crippen LogP contribution < -0.4 is 5.32 Å². The number of hydrogen-bond donors (Lipinski definition) is 1. The minimum atomic E-state index is -2.91. The van der Waals surface area contributed by atoms with Gasteiger partial charge in [0.25, 0.3) is 6.43 Å². The lowest BCUT2D eigenvalue weighted by molar-refractivity contribution is -0.117. The van der Waals surface area contributed by atoms with Gasteiger partial charge in [-0.05, 0) is 18.9 Å². The molecule has 1 heterocycles. The van der Waals surface area contributed by atoms with Gasteiger partial charge in [0.2, 0.25) is 5.91 Å². The zero-order chi connectivity index (χ0) is 18.3. The van der Waals surface area contributed by atoms with Crippen molar-refractivity contribution in [3.8, 4) is 0 Å². The van der Waals surface area contributed by atoms with Crippen LogP contribution in [0.3, 0.4) is 0 Å². The van der Waals surface area contributed by atoms with Crippen LogP contribution in [-0.2, 0) is 11.3 Å². The number of anilines is 1. The first-order valence-electron chi connectivity index (χ1n) is 7.26. The number of alkyl halides is 2. The monoisotopic (exact) mass is 363 g/mol. The highest BCUT2D eigenvalue weighted by Crippen LogP contribution is 2.40. The largest absolute Gasteiger partial charge is 0.319 e. The second kappa shape index (κ2) is 6.41. The van der Waals surface area contributed by atoms with Gasteiger partial charge in [-0.1, -0.05) is 0 Å². The van der Waals surface area contributed by atoms with Gasteiger partial charge in [0.1, 0.15) is 17.9 Å². The fourth-order valence-corrected chi connectivity index (χ4v) is 2.33. The Kier molecular flexibility index (Phi) is 4.44. The lowest BCUT2D eigenvalue weighted by Crippen LogP contribution is -2.23. The summed E-state index contributed by atoms with van der Waals surface area (Å²) < 4.78 is 80.0. The molecule has 1 N–H and O–H groups in total. The number of rotatable bonds is 5. The molecule has 0 bridgehead atoms. The molecule has 4 nitrogen and oxygen atoms in total. The molecule has 1 aromatic heterocycles. The fraction of sp³-hybridized carbons (Fsp3) is 0.333. The van der Waals surface area contributed by atoms with E-state index in [0.717, 1.165) is 12.8 Å². The maximum Gasteiger partial charge on any atom is 0.280 e. The van der Waals surface area contributed by atoms with Crippen molar-refractivity contribution in [3.63, 3.8) is 0 Å². The van der Waals surface area contributed by atoms with E-state index in [1.54, 1.807) is 5.32 Å². The Labute approximate surface area is 137 Å².